The number of aliphatic hydroxyl groups excluding tert-OH is 1. The molecule has 0 unspecified atom stereocenters. The van der Waals surface area contributed by atoms with E-state index in [2.05, 4.69) is 0 Å². The molecule has 2 rings (SSSR count). The summed E-state index contributed by atoms with van der Waals surface area (Å²) in [5, 5.41) is 9.35. The predicted molar refractivity (Wildman–Crippen MR) is 47.6 cm³/mol. The van der Waals surface area contributed by atoms with Gasteiger partial charge in [0.25, 0.3) is 5.91 Å². The molecule has 3 nitrogen and oxygen atoms in total. The van der Waals surface area contributed by atoms with Crippen LogP contribution in [0.3, 0.4) is 0 Å². The standard InChI is InChI=1S/C10H12NO2/c1-11-8(6-9(12)10(11)13)7-4-2-3-5-7/h2-5,8-9,12H,6H2,1H3/t8-,9-/m0/s1. The van der Waals surface area contributed by atoms with E-state index >= 15 is 0 Å². The molecule has 0 aromatic heterocycles. The summed E-state index contributed by atoms with van der Waals surface area (Å²) in [6.07, 6.45) is 7.54. The highest BCUT2D eigenvalue weighted by molar-refractivity contribution is 5.83. The quantitative estimate of drug-likeness (QED) is 0.613. The molecular formula is C10H12NO2. The number of carbonyl (C=O) groups is 1. The van der Waals surface area contributed by atoms with Gasteiger partial charge in [-0.25, -0.2) is 0 Å². The number of likely N-dealkylation sites (tertiary alicyclic amines) is 1. The molecule has 5 radical (unpaired) electrons. The van der Waals surface area contributed by atoms with E-state index in [1.54, 1.807) is 11.9 Å². The summed E-state index contributed by atoms with van der Waals surface area (Å²) >= 11 is 0. The summed E-state index contributed by atoms with van der Waals surface area (Å²) in [7, 11) is 1.73. The lowest BCUT2D eigenvalue weighted by Crippen LogP contribution is -2.33. The molecule has 3 heteroatoms. The Labute approximate surface area is 78.7 Å². The van der Waals surface area contributed by atoms with Crippen molar-refractivity contribution in [2.24, 2.45) is 0 Å². The fourth-order valence-electron chi connectivity index (χ4n) is 1.83. The Morgan fingerprint density at radius 2 is 2.08 bits per heavy atom. The van der Waals surface area contributed by atoms with Crippen LogP contribution < -0.4 is 0 Å². The van der Waals surface area contributed by atoms with E-state index in [1.807, 2.05) is 25.7 Å². The van der Waals surface area contributed by atoms with Gasteiger partial charge >= 0.3 is 0 Å². The molecule has 1 aliphatic carbocycles. The molecule has 2 aliphatic rings. The van der Waals surface area contributed by atoms with Gasteiger partial charge in [-0.1, -0.05) is 0 Å². The van der Waals surface area contributed by atoms with Crippen molar-refractivity contribution in [3.8, 4) is 0 Å². The van der Waals surface area contributed by atoms with E-state index in [1.165, 1.54) is 0 Å². The van der Waals surface area contributed by atoms with Gasteiger partial charge in [0.2, 0.25) is 0 Å². The second kappa shape index (κ2) is 3.29. The van der Waals surface area contributed by atoms with E-state index < -0.39 is 6.10 Å². The van der Waals surface area contributed by atoms with Crippen molar-refractivity contribution in [2.45, 2.75) is 18.6 Å². The lowest BCUT2D eigenvalue weighted by atomic mass is 9.96. The fourth-order valence-corrected chi connectivity index (χ4v) is 1.83. The smallest absolute Gasteiger partial charge is 0.251 e. The van der Waals surface area contributed by atoms with E-state index in [9.17, 15) is 9.90 Å². The van der Waals surface area contributed by atoms with Crippen LogP contribution in [0.5, 0.6) is 0 Å². The Bertz CT molecular complexity index is 211. The normalized spacial score (nSPS) is 36.2. The zero-order valence-electron chi connectivity index (χ0n) is 7.47. The lowest BCUT2D eigenvalue weighted by molar-refractivity contribution is -0.133. The van der Waals surface area contributed by atoms with Crippen molar-refractivity contribution in [1.82, 2.24) is 4.90 Å². The van der Waals surface area contributed by atoms with E-state index in [0.717, 1.165) is 5.92 Å². The molecule has 1 amide bonds. The molecule has 69 valence electrons. The minimum absolute atomic E-state index is 0.0532. The number of hydrogen-bond donors (Lipinski definition) is 1. The molecule has 0 aromatic rings. The van der Waals surface area contributed by atoms with Crippen LogP contribution in [0.1, 0.15) is 6.42 Å². The van der Waals surface area contributed by atoms with Gasteiger partial charge in [0, 0.05) is 25.4 Å². The maximum atomic E-state index is 11.3. The summed E-state index contributed by atoms with van der Waals surface area (Å²) in [5.74, 6) is 0.929. The first-order valence-electron chi connectivity index (χ1n) is 4.36. The number of amides is 1. The number of hydrogen-bond acceptors (Lipinski definition) is 2. The first kappa shape index (κ1) is 9.00. The van der Waals surface area contributed by atoms with Crippen molar-refractivity contribution in [3.05, 3.63) is 31.6 Å². The van der Waals surface area contributed by atoms with Crippen LogP contribution in [0, 0.1) is 31.6 Å². The van der Waals surface area contributed by atoms with Crippen molar-refractivity contribution < 1.29 is 9.90 Å². The third-order valence-corrected chi connectivity index (χ3v) is 2.62. The number of rotatable bonds is 1. The number of carbonyl (C=O) groups excluding carboxylic acids is 1. The van der Waals surface area contributed by atoms with Crippen LogP contribution in [-0.2, 0) is 4.79 Å². The third kappa shape index (κ3) is 1.46. The van der Waals surface area contributed by atoms with Gasteiger partial charge in [0.15, 0.2) is 0 Å². The number of nitrogens with zero attached hydrogens (tertiary/aromatic N) is 1. The minimum Gasteiger partial charge on any atom is -0.383 e. The summed E-state index contributed by atoms with van der Waals surface area (Å²) in [6, 6.07) is 0.0532. The van der Waals surface area contributed by atoms with E-state index in [4.69, 9.17) is 0 Å². The van der Waals surface area contributed by atoms with E-state index in [-0.39, 0.29) is 11.9 Å². The fraction of sp³-hybridized carbons (Fsp3) is 0.400. The van der Waals surface area contributed by atoms with Crippen molar-refractivity contribution in [2.75, 3.05) is 7.05 Å². The molecule has 13 heavy (non-hydrogen) atoms. The molecule has 2 fully saturated rings. The number of likely N-dealkylation sites (N-methyl/N-ethyl adjacent to an activating group) is 1. The van der Waals surface area contributed by atoms with Crippen molar-refractivity contribution in [3.63, 3.8) is 0 Å². The molecule has 1 saturated heterocycles. The SMILES string of the molecule is CN1C(=O)[C@@H](O)C[C@H]1[C]1[CH][CH][CH][CH]1. The first-order chi connectivity index (χ1) is 6.20. The predicted octanol–water partition coefficient (Wildman–Crippen LogP) is -0.0168. The maximum Gasteiger partial charge on any atom is 0.251 e. The van der Waals surface area contributed by atoms with Gasteiger partial charge in [0.1, 0.15) is 6.10 Å². The molecule has 1 heterocycles. The Kier molecular flexibility index (Phi) is 2.28. The second-order valence-corrected chi connectivity index (χ2v) is 3.43. The largest absolute Gasteiger partial charge is 0.383 e. The lowest BCUT2D eigenvalue weighted by Gasteiger charge is -2.24. The van der Waals surface area contributed by atoms with Gasteiger partial charge in [0.05, 0.1) is 0 Å². The van der Waals surface area contributed by atoms with Crippen LogP contribution >= 0.6 is 0 Å². The highest BCUT2D eigenvalue weighted by Gasteiger charge is 2.41. The minimum atomic E-state index is -0.815. The zero-order valence-corrected chi connectivity index (χ0v) is 7.47. The van der Waals surface area contributed by atoms with Gasteiger partial charge in [-0.15, -0.1) is 0 Å². The van der Waals surface area contributed by atoms with Crippen LogP contribution in [0.25, 0.3) is 0 Å². The maximum absolute atomic E-state index is 11.3. The molecule has 2 atom stereocenters. The van der Waals surface area contributed by atoms with Crippen molar-refractivity contribution >= 4 is 5.91 Å². The summed E-state index contributed by atoms with van der Waals surface area (Å²) < 4.78 is 0. The Hall–Kier alpha value is -0.570. The van der Waals surface area contributed by atoms with Crippen LogP contribution in [0.4, 0.5) is 0 Å². The van der Waals surface area contributed by atoms with Gasteiger partial charge in [-0.2, -0.15) is 0 Å². The molecule has 0 bridgehead atoms. The Balaban J connectivity index is 2.04. The van der Waals surface area contributed by atoms with Crippen LogP contribution in [0.2, 0.25) is 0 Å². The molecule has 0 aromatic carbocycles. The zero-order chi connectivity index (χ0) is 9.42. The van der Waals surface area contributed by atoms with Gasteiger partial charge in [-0.3, -0.25) is 4.79 Å². The highest BCUT2D eigenvalue weighted by Crippen LogP contribution is 2.34. The monoisotopic (exact) mass is 178 g/mol. The average Bonchev–Trinajstić information content (AvgIpc) is 2.70. The second-order valence-electron chi connectivity index (χ2n) is 3.43. The Morgan fingerprint density at radius 3 is 2.54 bits per heavy atom. The molecular weight excluding hydrogens is 166 g/mol. The molecule has 1 N–H and O–H groups in total. The van der Waals surface area contributed by atoms with Crippen LogP contribution in [0.15, 0.2) is 0 Å². The summed E-state index contributed by atoms with van der Waals surface area (Å²) in [5.41, 5.74) is 0. The van der Waals surface area contributed by atoms with E-state index in [0.29, 0.717) is 6.42 Å². The highest BCUT2D eigenvalue weighted by atomic mass is 16.3. The molecule has 0 spiro atoms. The topological polar surface area (TPSA) is 40.5 Å². The average molecular weight is 178 g/mol. The summed E-state index contributed by atoms with van der Waals surface area (Å²) in [6.45, 7) is 0. The molecule has 1 aliphatic heterocycles. The third-order valence-electron chi connectivity index (χ3n) is 2.62. The molecule has 1 saturated carbocycles. The van der Waals surface area contributed by atoms with Crippen LogP contribution in [-0.4, -0.2) is 35.1 Å². The van der Waals surface area contributed by atoms with Gasteiger partial charge in [-0.05, 0) is 25.7 Å². The first-order valence-corrected chi connectivity index (χ1v) is 4.36. The van der Waals surface area contributed by atoms with Gasteiger partial charge < -0.3 is 10.0 Å². The summed E-state index contributed by atoms with van der Waals surface area (Å²) in [4.78, 5) is 12.9. The van der Waals surface area contributed by atoms with Crippen molar-refractivity contribution in [1.29, 1.82) is 0 Å². The Morgan fingerprint density at radius 1 is 1.46 bits per heavy atom. The number of aliphatic hydroxyl groups is 1.